The second kappa shape index (κ2) is 12.8. The molecule has 0 bridgehead atoms. The Balaban J connectivity index is 1.59. The predicted molar refractivity (Wildman–Crippen MR) is 151 cm³/mol. The minimum absolute atomic E-state index is 0.196. The van der Waals surface area contributed by atoms with Crippen LogP contribution >= 0.6 is 22.7 Å². The van der Waals surface area contributed by atoms with E-state index in [4.69, 9.17) is 14.3 Å². The Labute approximate surface area is 234 Å². The molecule has 2 aromatic heterocycles. The molecule has 204 valence electrons. The minimum atomic E-state index is -4.40. The minimum Gasteiger partial charge on any atom is -0.453 e. The largest absolute Gasteiger partial charge is 0.453 e. The molecule has 4 aromatic rings. The number of amides is 2. The van der Waals surface area contributed by atoms with Crippen LogP contribution < -0.4 is 15.4 Å². The standard InChI is InChI=1S/C26H26N4O6S3/c1-36-26(32)29-20(14-17-6-3-2-4-7-17)24(31)27-21(25-28-22(16-38-25)23-8-5-13-37-23)15-18-9-11-19(12-10-18)30-39(33,34)35/h2-13,16,20-21,30H,14-15H2,1H3,(H,27,31)(H,29,32)(H,33,34,35)/t20-,21-/m0/s1. The van der Waals surface area contributed by atoms with E-state index in [2.05, 4.69) is 10.6 Å². The molecular formula is C26H26N4O6S3. The van der Waals surface area contributed by atoms with E-state index in [9.17, 15) is 18.0 Å². The highest BCUT2D eigenvalue weighted by molar-refractivity contribution is 7.87. The smallest absolute Gasteiger partial charge is 0.407 e. The molecule has 39 heavy (non-hydrogen) atoms. The summed E-state index contributed by atoms with van der Waals surface area (Å²) in [6.45, 7) is 0. The Morgan fingerprint density at radius 2 is 1.67 bits per heavy atom. The SMILES string of the molecule is COC(=O)N[C@@H](Cc1ccccc1)C(=O)N[C@@H](Cc1ccc(NS(=O)(=O)O)cc1)c1nc(-c2cccs2)cs1. The van der Waals surface area contributed by atoms with Crippen LogP contribution in [0.15, 0.2) is 77.5 Å². The van der Waals surface area contributed by atoms with E-state index >= 15 is 0 Å². The predicted octanol–water partition coefficient (Wildman–Crippen LogP) is 4.45. The number of nitrogens with zero attached hydrogens (tertiary/aromatic N) is 1. The molecule has 2 heterocycles. The van der Waals surface area contributed by atoms with Gasteiger partial charge in [-0.25, -0.2) is 9.78 Å². The van der Waals surface area contributed by atoms with Gasteiger partial charge in [-0.2, -0.15) is 8.42 Å². The van der Waals surface area contributed by atoms with Crippen LogP contribution in [0.1, 0.15) is 22.2 Å². The molecule has 13 heteroatoms. The van der Waals surface area contributed by atoms with Crippen LogP contribution in [0.3, 0.4) is 0 Å². The fourth-order valence-electron chi connectivity index (χ4n) is 3.81. The van der Waals surface area contributed by atoms with Crippen LogP contribution in [0.4, 0.5) is 10.5 Å². The lowest BCUT2D eigenvalue weighted by molar-refractivity contribution is -0.123. The van der Waals surface area contributed by atoms with Crippen molar-refractivity contribution in [2.75, 3.05) is 11.8 Å². The zero-order valence-electron chi connectivity index (χ0n) is 20.7. The molecule has 2 atom stereocenters. The number of thiophene rings is 1. The molecule has 0 unspecified atom stereocenters. The average molecular weight is 587 g/mol. The number of hydrogen-bond acceptors (Lipinski definition) is 8. The fourth-order valence-corrected chi connectivity index (χ4v) is 5.88. The molecule has 4 rings (SSSR count). The maximum Gasteiger partial charge on any atom is 0.407 e. The lowest BCUT2D eigenvalue weighted by atomic mass is 10.0. The van der Waals surface area contributed by atoms with Crippen LogP contribution in [0, 0.1) is 0 Å². The zero-order chi connectivity index (χ0) is 27.8. The summed E-state index contributed by atoms with van der Waals surface area (Å²) >= 11 is 2.97. The summed E-state index contributed by atoms with van der Waals surface area (Å²) in [5.41, 5.74) is 2.64. The van der Waals surface area contributed by atoms with Crippen LogP contribution in [0.25, 0.3) is 10.6 Å². The number of ether oxygens (including phenoxy) is 1. The number of alkyl carbamates (subject to hydrolysis) is 1. The Hall–Kier alpha value is -3.78. The van der Waals surface area contributed by atoms with Gasteiger partial charge in [-0.05, 0) is 41.1 Å². The van der Waals surface area contributed by atoms with Crippen molar-refractivity contribution in [1.29, 1.82) is 0 Å². The second-order valence-electron chi connectivity index (χ2n) is 8.47. The van der Waals surface area contributed by atoms with Crippen LogP contribution in [-0.4, -0.2) is 43.1 Å². The van der Waals surface area contributed by atoms with E-state index in [-0.39, 0.29) is 12.1 Å². The molecule has 0 aliphatic rings. The average Bonchev–Trinajstić information content (AvgIpc) is 3.61. The van der Waals surface area contributed by atoms with Crippen molar-refractivity contribution >= 4 is 50.7 Å². The number of thiazole rings is 1. The third-order valence-electron chi connectivity index (χ3n) is 5.63. The van der Waals surface area contributed by atoms with E-state index in [0.717, 1.165) is 21.7 Å². The van der Waals surface area contributed by atoms with Gasteiger partial charge in [0.25, 0.3) is 0 Å². The molecule has 2 amide bonds. The lowest BCUT2D eigenvalue weighted by Crippen LogP contribution is -2.49. The molecule has 0 spiro atoms. The van der Waals surface area contributed by atoms with E-state index in [1.165, 1.54) is 30.6 Å². The van der Waals surface area contributed by atoms with Crippen molar-refractivity contribution in [1.82, 2.24) is 15.6 Å². The highest BCUT2D eigenvalue weighted by Gasteiger charge is 2.26. The van der Waals surface area contributed by atoms with Gasteiger partial charge < -0.3 is 15.4 Å². The summed E-state index contributed by atoms with van der Waals surface area (Å²) in [4.78, 5) is 31.3. The van der Waals surface area contributed by atoms with Crippen molar-refractivity contribution in [3.8, 4) is 10.6 Å². The van der Waals surface area contributed by atoms with Crippen molar-refractivity contribution in [3.63, 3.8) is 0 Å². The molecule has 0 aliphatic carbocycles. The number of anilines is 1. The van der Waals surface area contributed by atoms with Crippen LogP contribution in [-0.2, 0) is 32.7 Å². The number of aromatic nitrogens is 1. The second-order valence-corrected chi connectivity index (χ2v) is 11.5. The van der Waals surface area contributed by atoms with E-state index in [1.807, 2.05) is 57.9 Å². The van der Waals surface area contributed by atoms with Crippen LogP contribution in [0.2, 0.25) is 0 Å². The summed E-state index contributed by atoms with van der Waals surface area (Å²) < 4.78 is 38.0. The highest BCUT2D eigenvalue weighted by Crippen LogP contribution is 2.30. The van der Waals surface area contributed by atoms with Gasteiger partial charge in [-0.1, -0.05) is 48.5 Å². The van der Waals surface area contributed by atoms with Crippen molar-refractivity contribution in [3.05, 3.63) is 93.6 Å². The Morgan fingerprint density at radius 1 is 0.949 bits per heavy atom. The molecule has 4 N–H and O–H groups in total. The Morgan fingerprint density at radius 3 is 2.31 bits per heavy atom. The van der Waals surface area contributed by atoms with Gasteiger partial charge in [-0.3, -0.25) is 14.1 Å². The molecular weight excluding hydrogens is 561 g/mol. The molecule has 0 radical (unpaired) electrons. The monoisotopic (exact) mass is 586 g/mol. The first-order valence-electron chi connectivity index (χ1n) is 11.7. The first-order valence-corrected chi connectivity index (χ1v) is 14.9. The Kier molecular flexibility index (Phi) is 9.30. The molecule has 0 aliphatic heterocycles. The van der Waals surface area contributed by atoms with Gasteiger partial charge in [0.05, 0.1) is 29.4 Å². The highest BCUT2D eigenvalue weighted by atomic mass is 32.2. The maximum absolute atomic E-state index is 13.5. The van der Waals surface area contributed by atoms with Gasteiger partial charge >= 0.3 is 16.4 Å². The first kappa shape index (κ1) is 28.2. The molecule has 0 saturated heterocycles. The van der Waals surface area contributed by atoms with Gasteiger partial charge in [0, 0.05) is 11.8 Å². The third-order valence-corrected chi connectivity index (χ3v) is 7.97. The topological polar surface area (TPSA) is 147 Å². The van der Waals surface area contributed by atoms with E-state index < -0.39 is 34.4 Å². The molecule has 10 nitrogen and oxygen atoms in total. The van der Waals surface area contributed by atoms with Crippen molar-refractivity contribution in [2.24, 2.45) is 0 Å². The third kappa shape index (κ3) is 8.35. The van der Waals surface area contributed by atoms with Crippen molar-refractivity contribution < 1.29 is 27.3 Å². The maximum atomic E-state index is 13.5. The quantitative estimate of drug-likeness (QED) is 0.190. The lowest BCUT2D eigenvalue weighted by Gasteiger charge is -2.22. The number of methoxy groups -OCH3 is 1. The van der Waals surface area contributed by atoms with E-state index in [1.54, 1.807) is 23.5 Å². The number of nitrogens with one attached hydrogen (secondary N) is 3. The van der Waals surface area contributed by atoms with Gasteiger partial charge in [0.2, 0.25) is 5.91 Å². The normalized spacial score (nSPS) is 12.8. The van der Waals surface area contributed by atoms with E-state index in [0.29, 0.717) is 11.4 Å². The number of hydrogen-bond donors (Lipinski definition) is 4. The van der Waals surface area contributed by atoms with Crippen LogP contribution in [0.5, 0.6) is 0 Å². The molecule has 0 fully saturated rings. The first-order chi connectivity index (χ1) is 18.7. The number of carbonyl (C=O) groups excluding carboxylic acids is 2. The van der Waals surface area contributed by atoms with Gasteiger partial charge in [0.15, 0.2) is 0 Å². The number of rotatable bonds is 11. The van der Waals surface area contributed by atoms with Crippen molar-refractivity contribution in [2.45, 2.75) is 24.9 Å². The van der Waals surface area contributed by atoms with Gasteiger partial charge in [-0.15, -0.1) is 22.7 Å². The number of carbonyl (C=O) groups is 2. The summed E-state index contributed by atoms with van der Waals surface area (Å²) in [5, 5.41) is 10.2. The molecule has 0 saturated carbocycles. The zero-order valence-corrected chi connectivity index (χ0v) is 23.2. The summed E-state index contributed by atoms with van der Waals surface area (Å²) in [6.07, 6.45) is -0.132. The summed E-state index contributed by atoms with van der Waals surface area (Å²) in [7, 11) is -3.16. The summed E-state index contributed by atoms with van der Waals surface area (Å²) in [6, 6.07) is 18.2. The molecule has 2 aromatic carbocycles. The fraction of sp³-hybridized carbons (Fsp3) is 0.192. The van der Waals surface area contributed by atoms with Gasteiger partial charge in [0.1, 0.15) is 11.0 Å². The Bertz CT molecular complexity index is 1490. The summed E-state index contributed by atoms with van der Waals surface area (Å²) in [5.74, 6) is -0.410. The number of benzene rings is 2.